The van der Waals surface area contributed by atoms with Gasteiger partial charge >= 0.3 is 0 Å². The van der Waals surface area contributed by atoms with Crippen LogP contribution in [0.3, 0.4) is 0 Å². The molecule has 0 aliphatic rings. The highest BCUT2D eigenvalue weighted by molar-refractivity contribution is 7.12. The molecule has 0 fully saturated rings. The van der Waals surface area contributed by atoms with Crippen LogP contribution in [0, 0.1) is 11.3 Å². The van der Waals surface area contributed by atoms with Gasteiger partial charge in [0.2, 0.25) is 5.78 Å². The molecular weight excluding hydrogens is 340 g/mol. The van der Waals surface area contributed by atoms with Crippen molar-refractivity contribution in [2.75, 3.05) is 0 Å². The lowest BCUT2D eigenvalue weighted by Gasteiger charge is -2.02. The minimum absolute atomic E-state index is 0.134. The van der Waals surface area contributed by atoms with Crippen molar-refractivity contribution in [2.45, 2.75) is 0 Å². The summed E-state index contributed by atoms with van der Waals surface area (Å²) in [5.41, 5.74) is 3.87. The molecule has 0 saturated heterocycles. The summed E-state index contributed by atoms with van der Waals surface area (Å²) < 4.78 is 0. The van der Waals surface area contributed by atoms with Gasteiger partial charge in [0.25, 0.3) is 0 Å². The van der Waals surface area contributed by atoms with Crippen LogP contribution in [0.4, 0.5) is 0 Å². The molecular formula is C22H14N2OS. The van der Waals surface area contributed by atoms with E-state index in [-0.39, 0.29) is 11.4 Å². The van der Waals surface area contributed by atoms with E-state index in [1.165, 1.54) is 11.3 Å². The number of carbonyl (C=O) groups excluding carboxylic acids is 1. The molecule has 3 nitrogen and oxygen atoms in total. The number of ketones is 1. The topological polar surface area (TPSA) is 56.6 Å². The number of allylic oxidation sites excluding steroid dienone is 1. The van der Waals surface area contributed by atoms with Crippen LogP contribution in [0.5, 0.6) is 0 Å². The highest BCUT2D eigenvalue weighted by atomic mass is 32.1. The van der Waals surface area contributed by atoms with Gasteiger partial charge in [-0.2, -0.15) is 5.26 Å². The third kappa shape index (κ3) is 2.85. The third-order valence-corrected chi connectivity index (χ3v) is 5.08. The van der Waals surface area contributed by atoms with Gasteiger partial charge < -0.3 is 4.98 Å². The Bertz CT molecular complexity index is 1150. The molecule has 4 aromatic rings. The molecule has 4 rings (SSSR count). The quantitative estimate of drug-likeness (QED) is 0.291. The van der Waals surface area contributed by atoms with Crippen LogP contribution in [0.15, 0.2) is 77.7 Å². The number of Topliss-reactive ketones (excluding diaryl/α,β-unsaturated/α-hetero) is 1. The number of H-pyrrole nitrogens is 1. The number of benzene rings is 2. The Morgan fingerprint density at radius 1 is 1.00 bits per heavy atom. The fourth-order valence-electron chi connectivity index (χ4n) is 2.98. The third-order valence-electron chi connectivity index (χ3n) is 4.21. The lowest BCUT2D eigenvalue weighted by Crippen LogP contribution is -1.99. The number of nitrogens with one attached hydrogen (secondary N) is 1. The number of fused-ring (bicyclic) bond motifs is 1. The normalized spacial score (nSPS) is 11.4. The van der Waals surface area contributed by atoms with E-state index in [1.54, 1.807) is 12.1 Å². The summed E-state index contributed by atoms with van der Waals surface area (Å²) in [6.07, 6.45) is 1.70. The molecule has 0 aliphatic carbocycles. The second kappa shape index (κ2) is 6.83. The van der Waals surface area contributed by atoms with Crippen molar-refractivity contribution in [3.8, 4) is 17.3 Å². The molecule has 0 bridgehead atoms. The van der Waals surface area contributed by atoms with E-state index >= 15 is 0 Å². The molecule has 26 heavy (non-hydrogen) atoms. The molecule has 0 unspecified atom stereocenters. The summed E-state index contributed by atoms with van der Waals surface area (Å²) in [4.78, 5) is 16.6. The van der Waals surface area contributed by atoms with E-state index in [1.807, 2.05) is 66.0 Å². The van der Waals surface area contributed by atoms with Gasteiger partial charge in [0.05, 0.1) is 10.6 Å². The van der Waals surface area contributed by atoms with E-state index in [9.17, 15) is 10.1 Å². The number of carbonyl (C=O) groups is 1. The van der Waals surface area contributed by atoms with Gasteiger partial charge in [0.1, 0.15) is 11.6 Å². The molecule has 1 N–H and O–H groups in total. The maximum absolute atomic E-state index is 12.7. The van der Waals surface area contributed by atoms with Gasteiger partial charge in [0.15, 0.2) is 0 Å². The van der Waals surface area contributed by atoms with Gasteiger partial charge in [-0.25, -0.2) is 0 Å². The van der Waals surface area contributed by atoms with Gasteiger partial charge in [-0.3, -0.25) is 4.79 Å². The number of aromatic nitrogens is 1. The molecule has 124 valence electrons. The minimum Gasteiger partial charge on any atom is -0.354 e. The zero-order valence-electron chi connectivity index (χ0n) is 13.8. The fourth-order valence-corrected chi connectivity index (χ4v) is 3.66. The van der Waals surface area contributed by atoms with Crippen LogP contribution in [0.25, 0.3) is 28.2 Å². The van der Waals surface area contributed by atoms with Crippen LogP contribution in [-0.2, 0) is 0 Å². The summed E-state index contributed by atoms with van der Waals surface area (Å²) in [5.74, 6) is -0.244. The standard InChI is InChI=1S/C22H14N2OS/c23-14-16(22(25)20-11-6-12-26-20)13-18-17-9-4-5-10-19(17)24-21(18)15-7-2-1-3-8-15/h1-13,24H/b16-13+. The second-order valence-electron chi connectivity index (χ2n) is 5.80. The van der Waals surface area contributed by atoms with Crippen molar-refractivity contribution in [3.05, 3.63) is 88.1 Å². The van der Waals surface area contributed by atoms with Crippen molar-refractivity contribution in [1.29, 1.82) is 5.26 Å². The Morgan fingerprint density at radius 2 is 1.77 bits per heavy atom. The molecule has 2 heterocycles. The first-order chi connectivity index (χ1) is 12.8. The number of thiophene rings is 1. The maximum atomic E-state index is 12.7. The summed E-state index contributed by atoms with van der Waals surface area (Å²) in [5, 5.41) is 12.4. The van der Waals surface area contributed by atoms with Crippen LogP contribution in [-0.4, -0.2) is 10.8 Å². The Kier molecular flexibility index (Phi) is 4.22. The van der Waals surface area contributed by atoms with Gasteiger partial charge in [0, 0.05) is 16.5 Å². The number of nitrogens with zero attached hydrogens (tertiary/aromatic N) is 1. The van der Waals surface area contributed by atoms with Crippen LogP contribution in [0.2, 0.25) is 0 Å². The first-order valence-electron chi connectivity index (χ1n) is 8.14. The number of para-hydroxylation sites is 1. The van der Waals surface area contributed by atoms with Crippen molar-refractivity contribution in [2.24, 2.45) is 0 Å². The van der Waals surface area contributed by atoms with Crippen LogP contribution < -0.4 is 0 Å². The van der Waals surface area contributed by atoms with E-state index in [0.717, 1.165) is 27.7 Å². The molecule has 2 aromatic heterocycles. The average Bonchev–Trinajstić information content (AvgIpc) is 3.34. The van der Waals surface area contributed by atoms with Crippen molar-refractivity contribution in [3.63, 3.8) is 0 Å². The predicted molar refractivity (Wildman–Crippen MR) is 106 cm³/mol. The number of nitriles is 1. The zero-order valence-corrected chi connectivity index (χ0v) is 14.6. The highest BCUT2D eigenvalue weighted by Gasteiger charge is 2.17. The van der Waals surface area contributed by atoms with Crippen LogP contribution >= 0.6 is 11.3 Å². The SMILES string of the molecule is N#C/C(=C\c1c(-c2ccccc2)[nH]c2ccccc12)C(=O)c1cccs1. The van der Waals surface area contributed by atoms with Crippen molar-refractivity contribution < 1.29 is 4.79 Å². The summed E-state index contributed by atoms with van der Waals surface area (Å²) in [6.45, 7) is 0. The Morgan fingerprint density at radius 3 is 2.50 bits per heavy atom. The Hall–Kier alpha value is -3.42. The van der Waals surface area contributed by atoms with Crippen LogP contribution in [0.1, 0.15) is 15.2 Å². The lowest BCUT2D eigenvalue weighted by molar-refractivity contribution is 0.104. The van der Waals surface area contributed by atoms with E-state index in [2.05, 4.69) is 11.1 Å². The summed E-state index contributed by atoms with van der Waals surface area (Å²) in [6, 6.07) is 23.4. The molecule has 0 aliphatic heterocycles. The van der Waals surface area contributed by atoms with Gasteiger partial charge in [-0.05, 0) is 29.2 Å². The zero-order chi connectivity index (χ0) is 17.9. The van der Waals surface area contributed by atoms with E-state index < -0.39 is 0 Å². The lowest BCUT2D eigenvalue weighted by atomic mass is 10.0. The largest absolute Gasteiger partial charge is 0.354 e. The first kappa shape index (κ1) is 16.1. The molecule has 0 spiro atoms. The second-order valence-corrected chi connectivity index (χ2v) is 6.75. The fraction of sp³-hybridized carbons (Fsp3) is 0. The number of hydrogen-bond acceptors (Lipinski definition) is 3. The number of rotatable bonds is 4. The number of aromatic amines is 1. The minimum atomic E-state index is -0.244. The van der Waals surface area contributed by atoms with Crippen molar-refractivity contribution >= 4 is 34.1 Å². The number of hydrogen-bond donors (Lipinski definition) is 1. The predicted octanol–water partition coefficient (Wildman–Crippen LogP) is 5.69. The summed E-state index contributed by atoms with van der Waals surface area (Å²) in [7, 11) is 0. The molecule has 0 saturated carbocycles. The van der Waals surface area contributed by atoms with E-state index in [4.69, 9.17) is 0 Å². The highest BCUT2D eigenvalue weighted by Crippen LogP contribution is 2.32. The van der Waals surface area contributed by atoms with Crippen molar-refractivity contribution in [1.82, 2.24) is 4.98 Å². The average molecular weight is 354 g/mol. The van der Waals surface area contributed by atoms with Gasteiger partial charge in [-0.1, -0.05) is 54.6 Å². The molecule has 2 aromatic carbocycles. The molecule has 4 heteroatoms. The molecule has 0 amide bonds. The summed E-state index contributed by atoms with van der Waals surface area (Å²) >= 11 is 1.34. The molecule has 0 radical (unpaired) electrons. The Labute approximate surface area is 154 Å². The first-order valence-corrected chi connectivity index (χ1v) is 9.02. The van der Waals surface area contributed by atoms with Gasteiger partial charge in [-0.15, -0.1) is 11.3 Å². The smallest absolute Gasteiger partial charge is 0.213 e. The molecule has 0 atom stereocenters. The maximum Gasteiger partial charge on any atom is 0.213 e. The van der Waals surface area contributed by atoms with E-state index in [0.29, 0.717) is 4.88 Å². The monoisotopic (exact) mass is 354 g/mol. The Balaban J connectivity index is 1.92.